The summed E-state index contributed by atoms with van der Waals surface area (Å²) in [5, 5.41) is 6.81. The first-order valence-corrected chi connectivity index (χ1v) is 6.29. The van der Waals surface area contributed by atoms with Crippen molar-refractivity contribution in [2.24, 2.45) is 7.05 Å². The van der Waals surface area contributed by atoms with Gasteiger partial charge in [-0.05, 0) is 0 Å². The molecule has 114 valence electrons. The lowest BCUT2D eigenvalue weighted by Gasteiger charge is -2.23. The van der Waals surface area contributed by atoms with Gasteiger partial charge in [0.1, 0.15) is 5.82 Å². The molecule has 2 heterocycles. The van der Waals surface area contributed by atoms with Crippen molar-refractivity contribution in [1.29, 1.82) is 0 Å². The van der Waals surface area contributed by atoms with Crippen molar-refractivity contribution < 1.29 is 13.2 Å². The van der Waals surface area contributed by atoms with Gasteiger partial charge in [-0.15, -0.1) is 0 Å². The van der Waals surface area contributed by atoms with Gasteiger partial charge in [-0.2, -0.15) is 18.3 Å². The number of rotatable bonds is 2. The molecule has 2 aromatic heterocycles. The lowest BCUT2D eigenvalue weighted by Crippen LogP contribution is -2.22. The molecule has 0 spiro atoms. The molecule has 0 aliphatic rings. The number of hydrogen-bond donors (Lipinski definition) is 1. The molecule has 0 aliphatic carbocycles. The average molecular weight is 299 g/mol. The first-order valence-electron chi connectivity index (χ1n) is 6.29. The molecule has 21 heavy (non-hydrogen) atoms. The number of nitrogens with one attached hydrogen (secondary N) is 1. The minimum Gasteiger partial charge on any atom is -0.309 e. The summed E-state index contributed by atoms with van der Waals surface area (Å²) >= 11 is 0. The highest BCUT2D eigenvalue weighted by atomic mass is 19.4. The summed E-state index contributed by atoms with van der Waals surface area (Å²) in [6.45, 7) is 5.04. The van der Waals surface area contributed by atoms with Gasteiger partial charge in [-0.1, -0.05) is 20.8 Å². The average Bonchev–Trinajstić information content (AvgIpc) is 2.72. The topological polar surface area (TPSA) is 55.6 Å². The third kappa shape index (κ3) is 3.32. The van der Waals surface area contributed by atoms with Crippen LogP contribution in [0.25, 0.3) is 0 Å². The molecule has 5 nitrogen and oxygen atoms in total. The van der Waals surface area contributed by atoms with Crippen LogP contribution in [0, 0.1) is 0 Å². The molecule has 0 unspecified atom stereocenters. The second kappa shape index (κ2) is 5.01. The molecule has 0 aromatic carbocycles. The fraction of sp³-hybridized carbons (Fsp3) is 0.462. The van der Waals surface area contributed by atoms with E-state index in [9.17, 15) is 13.2 Å². The molecule has 0 saturated carbocycles. The maximum atomic E-state index is 13.0. The van der Waals surface area contributed by atoms with Crippen molar-refractivity contribution in [2.75, 3.05) is 5.32 Å². The molecule has 0 fully saturated rings. The largest absolute Gasteiger partial charge is 0.419 e. The normalized spacial score (nSPS) is 12.5. The number of nitrogens with zero attached hydrogens (tertiary/aromatic N) is 4. The molecule has 0 aliphatic heterocycles. The number of aryl methyl sites for hydroxylation is 1. The lowest BCUT2D eigenvalue weighted by atomic mass is 9.89. The van der Waals surface area contributed by atoms with Crippen LogP contribution in [-0.4, -0.2) is 19.7 Å². The van der Waals surface area contributed by atoms with Crippen LogP contribution >= 0.6 is 0 Å². The number of halogens is 3. The Morgan fingerprint density at radius 3 is 2.33 bits per heavy atom. The molecular weight excluding hydrogens is 283 g/mol. The molecule has 2 aromatic rings. The molecule has 0 radical (unpaired) electrons. The van der Waals surface area contributed by atoms with E-state index < -0.39 is 17.2 Å². The zero-order chi connectivity index (χ0) is 15.8. The highest BCUT2D eigenvalue weighted by molar-refractivity contribution is 5.48. The molecule has 2 rings (SSSR count). The Labute approximate surface area is 120 Å². The Balaban J connectivity index is 2.45. The smallest absolute Gasteiger partial charge is 0.309 e. The first-order chi connectivity index (χ1) is 9.59. The minimum atomic E-state index is -4.48. The summed E-state index contributed by atoms with van der Waals surface area (Å²) in [5.74, 6) is 0.700. The van der Waals surface area contributed by atoms with Crippen LogP contribution in [0.15, 0.2) is 18.5 Å². The van der Waals surface area contributed by atoms with Crippen molar-refractivity contribution in [1.82, 2.24) is 19.7 Å². The van der Waals surface area contributed by atoms with Crippen molar-refractivity contribution >= 4 is 11.8 Å². The predicted molar refractivity (Wildman–Crippen MR) is 72.2 cm³/mol. The number of hydrogen-bond acceptors (Lipinski definition) is 4. The maximum Gasteiger partial charge on any atom is 0.419 e. The Bertz CT molecular complexity index is 640. The fourth-order valence-electron chi connectivity index (χ4n) is 1.83. The minimum absolute atomic E-state index is 0.0466. The SMILES string of the molecule is Cn1nccc1Nc1ncc(C(F)(F)F)c(C(C)(C)C)n1. The van der Waals surface area contributed by atoms with Gasteiger partial charge in [-0.25, -0.2) is 9.97 Å². The Hall–Kier alpha value is -2.12. The van der Waals surface area contributed by atoms with E-state index >= 15 is 0 Å². The number of aromatic nitrogens is 4. The van der Waals surface area contributed by atoms with Crippen molar-refractivity contribution in [2.45, 2.75) is 32.4 Å². The predicted octanol–water partition coefficient (Wildman–Crippen LogP) is 3.27. The Kier molecular flexibility index (Phi) is 3.65. The summed E-state index contributed by atoms with van der Waals surface area (Å²) in [6, 6.07) is 1.68. The molecule has 8 heteroatoms. The monoisotopic (exact) mass is 299 g/mol. The van der Waals surface area contributed by atoms with E-state index in [0.29, 0.717) is 5.82 Å². The van der Waals surface area contributed by atoms with E-state index in [-0.39, 0.29) is 11.6 Å². The zero-order valence-electron chi connectivity index (χ0n) is 12.2. The number of anilines is 2. The second-order valence-corrected chi connectivity index (χ2v) is 5.67. The van der Waals surface area contributed by atoms with Gasteiger partial charge in [0, 0.05) is 24.7 Å². The first kappa shape index (κ1) is 15.3. The standard InChI is InChI=1S/C13H16F3N5/c1-12(2,3)10-8(13(14,15)16)7-17-11(20-10)19-9-5-6-18-21(9)4/h5-7H,1-4H3,(H,17,19,20). The van der Waals surface area contributed by atoms with Crippen molar-refractivity contribution in [3.05, 3.63) is 29.7 Å². The lowest BCUT2D eigenvalue weighted by molar-refractivity contribution is -0.139. The van der Waals surface area contributed by atoms with Gasteiger partial charge >= 0.3 is 6.18 Å². The van der Waals surface area contributed by atoms with Crippen molar-refractivity contribution in [3.63, 3.8) is 0 Å². The van der Waals surface area contributed by atoms with E-state index in [4.69, 9.17) is 0 Å². The van der Waals surface area contributed by atoms with E-state index in [0.717, 1.165) is 6.20 Å². The van der Waals surface area contributed by atoms with E-state index in [1.807, 2.05) is 0 Å². The molecule has 0 bridgehead atoms. The van der Waals surface area contributed by atoms with Crippen molar-refractivity contribution in [3.8, 4) is 0 Å². The molecule has 0 amide bonds. The summed E-state index contributed by atoms with van der Waals surface area (Å²) in [4.78, 5) is 7.80. The van der Waals surface area contributed by atoms with Crippen LogP contribution in [0.2, 0.25) is 0 Å². The molecule has 0 saturated heterocycles. The van der Waals surface area contributed by atoms with E-state index in [1.165, 1.54) is 4.68 Å². The highest BCUT2D eigenvalue weighted by Gasteiger charge is 2.38. The summed E-state index contributed by atoms with van der Waals surface area (Å²) in [5.41, 5.74) is -1.61. The van der Waals surface area contributed by atoms with Gasteiger partial charge in [0.05, 0.1) is 17.5 Å². The van der Waals surface area contributed by atoms with Crippen LogP contribution in [-0.2, 0) is 18.6 Å². The Morgan fingerprint density at radius 1 is 1.19 bits per heavy atom. The van der Waals surface area contributed by atoms with Crippen LogP contribution in [0.1, 0.15) is 32.0 Å². The highest BCUT2D eigenvalue weighted by Crippen LogP contribution is 2.36. The van der Waals surface area contributed by atoms with Gasteiger partial charge in [0.2, 0.25) is 5.95 Å². The third-order valence-corrected chi connectivity index (χ3v) is 2.87. The van der Waals surface area contributed by atoms with Crippen LogP contribution < -0.4 is 5.32 Å². The maximum absolute atomic E-state index is 13.0. The Morgan fingerprint density at radius 2 is 1.86 bits per heavy atom. The van der Waals surface area contributed by atoms with Gasteiger partial charge in [-0.3, -0.25) is 4.68 Å². The molecular formula is C13H16F3N5. The fourth-order valence-corrected chi connectivity index (χ4v) is 1.83. The van der Waals surface area contributed by atoms with Gasteiger partial charge < -0.3 is 5.32 Å². The summed E-state index contributed by atoms with van der Waals surface area (Å²) in [6.07, 6.45) is -2.10. The van der Waals surface area contributed by atoms with Gasteiger partial charge in [0.25, 0.3) is 0 Å². The quantitative estimate of drug-likeness (QED) is 0.924. The van der Waals surface area contributed by atoms with E-state index in [2.05, 4.69) is 20.4 Å². The van der Waals surface area contributed by atoms with Crippen LogP contribution in [0.5, 0.6) is 0 Å². The second-order valence-electron chi connectivity index (χ2n) is 5.67. The van der Waals surface area contributed by atoms with Crippen LogP contribution in [0.4, 0.5) is 24.9 Å². The molecule has 1 N–H and O–H groups in total. The zero-order valence-corrected chi connectivity index (χ0v) is 12.2. The van der Waals surface area contributed by atoms with Crippen LogP contribution in [0.3, 0.4) is 0 Å². The summed E-state index contributed by atoms with van der Waals surface area (Å²) < 4.78 is 40.7. The summed E-state index contributed by atoms with van der Waals surface area (Å²) in [7, 11) is 1.71. The molecule has 0 atom stereocenters. The third-order valence-electron chi connectivity index (χ3n) is 2.87. The van der Waals surface area contributed by atoms with E-state index in [1.54, 1.807) is 40.1 Å². The van der Waals surface area contributed by atoms with Gasteiger partial charge in [0.15, 0.2) is 0 Å². The number of alkyl halides is 3.